The molecule has 0 radical (unpaired) electrons. The summed E-state index contributed by atoms with van der Waals surface area (Å²) in [6.07, 6.45) is 0.780. The summed E-state index contributed by atoms with van der Waals surface area (Å²) in [6, 6.07) is -1.21. The van der Waals surface area contributed by atoms with Gasteiger partial charge in [0.15, 0.2) is 11.6 Å². The van der Waals surface area contributed by atoms with Gasteiger partial charge < -0.3 is 10.6 Å². The van der Waals surface area contributed by atoms with Gasteiger partial charge in [0.05, 0.1) is 12.1 Å². The summed E-state index contributed by atoms with van der Waals surface area (Å²) in [5.41, 5.74) is 0. The summed E-state index contributed by atoms with van der Waals surface area (Å²) < 4.78 is 0. The Balaban J connectivity index is 4.53. The molecule has 150 valence electrons. The van der Waals surface area contributed by atoms with Crippen LogP contribution in [0.4, 0.5) is 0 Å². The van der Waals surface area contributed by atoms with Crippen LogP contribution in [-0.2, 0) is 19.2 Å². The van der Waals surface area contributed by atoms with Gasteiger partial charge in [-0.15, -0.1) is 0 Å². The normalized spacial score (nSPS) is 15.9. The second-order valence-electron chi connectivity index (χ2n) is 8.12. The molecule has 0 saturated heterocycles. The fourth-order valence-corrected chi connectivity index (χ4v) is 2.75. The molecule has 2 amide bonds. The van der Waals surface area contributed by atoms with Crippen LogP contribution in [-0.4, -0.2) is 35.5 Å². The van der Waals surface area contributed by atoms with Crippen molar-refractivity contribution in [3.63, 3.8) is 0 Å². The molecule has 26 heavy (non-hydrogen) atoms. The largest absolute Gasteiger partial charge is 0.346 e. The average Bonchev–Trinajstić information content (AvgIpc) is 2.52. The molecular formula is C20H36N2O4. The minimum Gasteiger partial charge on any atom is -0.346 e. The quantitative estimate of drug-likeness (QED) is 0.586. The Kier molecular flexibility index (Phi) is 10.4. The molecule has 0 aliphatic heterocycles. The Hall–Kier alpha value is -1.72. The van der Waals surface area contributed by atoms with E-state index in [1.165, 1.54) is 0 Å². The molecule has 0 saturated carbocycles. The first-order valence-corrected chi connectivity index (χ1v) is 9.53. The molecule has 4 unspecified atom stereocenters. The van der Waals surface area contributed by atoms with Gasteiger partial charge in [-0.05, 0) is 26.2 Å². The van der Waals surface area contributed by atoms with E-state index in [1.807, 2.05) is 20.8 Å². The lowest BCUT2D eigenvalue weighted by molar-refractivity contribution is -0.133. The number of hydrogen-bond donors (Lipinski definition) is 2. The zero-order valence-electron chi connectivity index (χ0n) is 17.5. The zero-order valence-corrected chi connectivity index (χ0v) is 17.5. The standard InChI is InChI=1S/C20H36N2O4/c1-11(2)9-13(5)19(25)21-15(7)17(23)10-14(6)20(26)22-16(8)18(24)12(3)4/h11-16H,9-10H2,1-8H3,(H,21,25)(H,22,26). The van der Waals surface area contributed by atoms with Crippen LogP contribution in [0.1, 0.15) is 68.2 Å². The van der Waals surface area contributed by atoms with Crippen LogP contribution in [0.5, 0.6) is 0 Å². The smallest absolute Gasteiger partial charge is 0.223 e. The van der Waals surface area contributed by atoms with Gasteiger partial charge in [-0.1, -0.05) is 41.5 Å². The van der Waals surface area contributed by atoms with Crippen LogP contribution in [0.2, 0.25) is 0 Å². The molecule has 4 atom stereocenters. The molecule has 6 nitrogen and oxygen atoms in total. The van der Waals surface area contributed by atoms with Gasteiger partial charge in [0, 0.05) is 24.2 Å². The SMILES string of the molecule is CC(C)CC(C)C(=O)NC(C)C(=O)CC(C)C(=O)NC(C)C(=O)C(C)C. The summed E-state index contributed by atoms with van der Waals surface area (Å²) in [7, 11) is 0. The minimum atomic E-state index is -0.637. The van der Waals surface area contributed by atoms with Crippen molar-refractivity contribution in [3.8, 4) is 0 Å². The zero-order chi connectivity index (χ0) is 20.6. The number of ketones is 2. The lowest BCUT2D eigenvalue weighted by Crippen LogP contribution is -2.45. The van der Waals surface area contributed by atoms with E-state index in [0.717, 1.165) is 6.42 Å². The van der Waals surface area contributed by atoms with Gasteiger partial charge in [-0.2, -0.15) is 0 Å². The number of carbonyl (C=O) groups excluding carboxylic acids is 4. The summed E-state index contributed by atoms with van der Waals surface area (Å²) >= 11 is 0. The Morgan fingerprint density at radius 2 is 1.15 bits per heavy atom. The lowest BCUT2D eigenvalue weighted by atomic mass is 9.96. The number of amides is 2. The highest BCUT2D eigenvalue weighted by atomic mass is 16.2. The van der Waals surface area contributed by atoms with E-state index < -0.39 is 18.0 Å². The Labute approximate surface area is 157 Å². The molecule has 0 rings (SSSR count). The van der Waals surface area contributed by atoms with Crippen molar-refractivity contribution < 1.29 is 19.2 Å². The Morgan fingerprint density at radius 1 is 0.692 bits per heavy atom. The van der Waals surface area contributed by atoms with Gasteiger partial charge >= 0.3 is 0 Å². The maximum absolute atomic E-state index is 12.3. The van der Waals surface area contributed by atoms with Crippen molar-refractivity contribution >= 4 is 23.4 Å². The van der Waals surface area contributed by atoms with Gasteiger partial charge in [0.25, 0.3) is 0 Å². The second kappa shape index (κ2) is 11.1. The maximum atomic E-state index is 12.3. The summed E-state index contributed by atoms with van der Waals surface area (Å²) in [5, 5.41) is 5.39. The molecule has 0 aromatic rings. The first-order chi connectivity index (χ1) is 11.9. The predicted octanol–water partition coefficient (Wildman–Crippen LogP) is 2.50. The molecule has 0 heterocycles. The van der Waals surface area contributed by atoms with Gasteiger partial charge in [0.1, 0.15) is 0 Å². The molecule has 0 fully saturated rings. The third kappa shape index (κ3) is 8.59. The molecule has 0 bridgehead atoms. The number of Topliss-reactive ketones (excluding diaryl/α,β-unsaturated/α-hetero) is 2. The van der Waals surface area contributed by atoms with E-state index in [-0.39, 0.29) is 41.6 Å². The molecule has 0 aromatic heterocycles. The monoisotopic (exact) mass is 368 g/mol. The lowest BCUT2D eigenvalue weighted by Gasteiger charge is -2.20. The van der Waals surface area contributed by atoms with Crippen molar-refractivity contribution in [3.05, 3.63) is 0 Å². The van der Waals surface area contributed by atoms with E-state index in [2.05, 4.69) is 10.6 Å². The Bertz CT molecular complexity index is 514. The van der Waals surface area contributed by atoms with Crippen molar-refractivity contribution in [2.24, 2.45) is 23.7 Å². The molecular weight excluding hydrogens is 332 g/mol. The van der Waals surface area contributed by atoms with Gasteiger partial charge in [-0.25, -0.2) is 0 Å². The van der Waals surface area contributed by atoms with Crippen LogP contribution >= 0.6 is 0 Å². The predicted molar refractivity (Wildman–Crippen MR) is 102 cm³/mol. The van der Waals surface area contributed by atoms with Crippen molar-refractivity contribution in [1.29, 1.82) is 0 Å². The van der Waals surface area contributed by atoms with E-state index in [0.29, 0.717) is 5.92 Å². The van der Waals surface area contributed by atoms with Crippen LogP contribution in [0.3, 0.4) is 0 Å². The van der Waals surface area contributed by atoms with E-state index in [4.69, 9.17) is 0 Å². The first-order valence-electron chi connectivity index (χ1n) is 9.53. The Morgan fingerprint density at radius 3 is 1.62 bits per heavy atom. The maximum Gasteiger partial charge on any atom is 0.223 e. The number of nitrogens with one attached hydrogen (secondary N) is 2. The second-order valence-corrected chi connectivity index (χ2v) is 8.12. The fourth-order valence-electron chi connectivity index (χ4n) is 2.75. The van der Waals surface area contributed by atoms with Crippen molar-refractivity contribution in [1.82, 2.24) is 10.6 Å². The highest BCUT2D eigenvalue weighted by molar-refractivity contribution is 5.94. The van der Waals surface area contributed by atoms with E-state index in [1.54, 1.807) is 34.6 Å². The summed E-state index contributed by atoms with van der Waals surface area (Å²) in [5.74, 6) is -1.19. The number of hydrogen-bond acceptors (Lipinski definition) is 4. The third-order valence-corrected chi connectivity index (χ3v) is 4.42. The van der Waals surface area contributed by atoms with E-state index >= 15 is 0 Å². The first kappa shape index (κ1) is 24.3. The highest BCUT2D eigenvalue weighted by Crippen LogP contribution is 2.12. The van der Waals surface area contributed by atoms with Crippen molar-refractivity contribution in [2.75, 3.05) is 0 Å². The number of rotatable bonds is 11. The fraction of sp³-hybridized carbons (Fsp3) is 0.800. The topological polar surface area (TPSA) is 92.3 Å². The molecule has 0 aliphatic carbocycles. The molecule has 2 N–H and O–H groups in total. The van der Waals surface area contributed by atoms with Crippen LogP contribution in [0.25, 0.3) is 0 Å². The molecule has 0 aliphatic rings. The van der Waals surface area contributed by atoms with Crippen LogP contribution < -0.4 is 10.6 Å². The highest BCUT2D eigenvalue weighted by Gasteiger charge is 2.26. The third-order valence-electron chi connectivity index (χ3n) is 4.42. The summed E-state index contributed by atoms with van der Waals surface area (Å²) in [4.78, 5) is 48.5. The number of carbonyl (C=O) groups is 4. The van der Waals surface area contributed by atoms with Crippen molar-refractivity contribution in [2.45, 2.75) is 80.3 Å². The molecule has 0 aromatic carbocycles. The van der Waals surface area contributed by atoms with E-state index in [9.17, 15) is 19.2 Å². The van der Waals surface area contributed by atoms with Crippen LogP contribution in [0.15, 0.2) is 0 Å². The molecule has 6 heteroatoms. The minimum absolute atomic E-state index is 0.0223. The van der Waals surface area contributed by atoms with Crippen LogP contribution in [0, 0.1) is 23.7 Å². The van der Waals surface area contributed by atoms with Gasteiger partial charge in [-0.3, -0.25) is 19.2 Å². The van der Waals surface area contributed by atoms with Gasteiger partial charge in [0.2, 0.25) is 11.8 Å². The summed E-state index contributed by atoms with van der Waals surface area (Å²) in [6.45, 7) is 14.4. The average molecular weight is 369 g/mol. The molecule has 0 spiro atoms.